The number of hydrogen-bond donors (Lipinski definition) is 2. The number of aliphatic carboxylic acids is 1. The van der Waals surface area contributed by atoms with E-state index in [1.807, 2.05) is 0 Å². The summed E-state index contributed by atoms with van der Waals surface area (Å²) in [5.41, 5.74) is -0.974. The Balaban J connectivity index is 2.01. The van der Waals surface area contributed by atoms with Crippen molar-refractivity contribution < 1.29 is 14.6 Å². The van der Waals surface area contributed by atoms with Crippen molar-refractivity contribution >= 4 is 5.97 Å². The van der Waals surface area contributed by atoms with E-state index in [9.17, 15) is 9.90 Å². The highest BCUT2D eigenvalue weighted by Crippen LogP contribution is 2.28. The summed E-state index contributed by atoms with van der Waals surface area (Å²) in [6, 6.07) is 0.286. The van der Waals surface area contributed by atoms with Crippen LogP contribution >= 0.6 is 0 Å². The van der Waals surface area contributed by atoms with Crippen molar-refractivity contribution in [2.75, 3.05) is 33.4 Å². The van der Waals surface area contributed by atoms with Gasteiger partial charge in [0.1, 0.15) is 5.54 Å². The lowest BCUT2D eigenvalue weighted by atomic mass is 9.82. The van der Waals surface area contributed by atoms with Gasteiger partial charge in [0.2, 0.25) is 0 Å². The van der Waals surface area contributed by atoms with Gasteiger partial charge in [-0.1, -0.05) is 0 Å². The van der Waals surface area contributed by atoms with Crippen LogP contribution < -0.4 is 5.32 Å². The fraction of sp³-hybridized carbons (Fsp3) is 0.917. The van der Waals surface area contributed by atoms with Crippen molar-refractivity contribution in [1.29, 1.82) is 0 Å². The zero-order chi connectivity index (χ0) is 12.5. The Labute approximate surface area is 102 Å². The monoisotopic (exact) mass is 242 g/mol. The van der Waals surface area contributed by atoms with Gasteiger partial charge in [0.05, 0.1) is 6.61 Å². The van der Waals surface area contributed by atoms with E-state index in [1.165, 1.54) is 12.8 Å². The molecule has 0 amide bonds. The molecular formula is C12H22N2O3. The van der Waals surface area contributed by atoms with Crippen LogP contribution in [0.1, 0.15) is 19.8 Å². The van der Waals surface area contributed by atoms with E-state index < -0.39 is 11.5 Å². The summed E-state index contributed by atoms with van der Waals surface area (Å²) in [6.07, 6.45) is 2.36. The molecule has 2 bridgehead atoms. The fourth-order valence-corrected chi connectivity index (χ4v) is 2.99. The molecule has 98 valence electrons. The van der Waals surface area contributed by atoms with Crippen LogP contribution in [0.4, 0.5) is 0 Å². The van der Waals surface area contributed by atoms with Crippen LogP contribution in [0.25, 0.3) is 0 Å². The highest BCUT2D eigenvalue weighted by atomic mass is 16.5. The number of carboxylic acid groups (broad SMARTS) is 1. The third-order valence-corrected chi connectivity index (χ3v) is 4.07. The lowest BCUT2D eigenvalue weighted by Crippen LogP contribution is -2.64. The number of carbonyl (C=O) groups is 1. The maximum absolute atomic E-state index is 11.3. The van der Waals surface area contributed by atoms with Crippen LogP contribution in [0.3, 0.4) is 0 Å². The summed E-state index contributed by atoms with van der Waals surface area (Å²) in [6.45, 7) is 5.20. The van der Waals surface area contributed by atoms with Crippen molar-refractivity contribution in [3.63, 3.8) is 0 Å². The van der Waals surface area contributed by atoms with E-state index in [-0.39, 0.29) is 12.6 Å². The van der Waals surface area contributed by atoms with Gasteiger partial charge in [-0.2, -0.15) is 0 Å². The van der Waals surface area contributed by atoms with Gasteiger partial charge < -0.3 is 14.7 Å². The Kier molecular flexibility index (Phi) is 3.70. The molecule has 5 nitrogen and oxygen atoms in total. The zero-order valence-electron chi connectivity index (χ0n) is 10.6. The van der Waals surface area contributed by atoms with Gasteiger partial charge in [-0.25, -0.2) is 0 Å². The molecule has 2 N–H and O–H groups in total. The topological polar surface area (TPSA) is 61.8 Å². The van der Waals surface area contributed by atoms with Gasteiger partial charge in [-0.3, -0.25) is 10.1 Å². The van der Waals surface area contributed by atoms with Crippen LogP contribution in [0, 0.1) is 5.92 Å². The Hall–Kier alpha value is -0.650. The van der Waals surface area contributed by atoms with E-state index >= 15 is 0 Å². The van der Waals surface area contributed by atoms with Gasteiger partial charge in [0.15, 0.2) is 0 Å². The second kappa shape index (κ2) is 4.92. The molecule has 3 fully saturated rings. The summed E-state index contributed by atoms with van der Waals surface area (Å²) in [5, 5.41) is 12.6. The van der Waals surface area contributed by atoms with Crippen molar-refractivity contribution in [3.8, 4) is 0 Å². The highest BCUT2D eigenvalue weighted by molar-refractivity contribution is 5.78. The van der Waals surface area contributed by atoms with Crippen LogP contribution in [-0.4, -0.2) is 60.9 Å². The van der Waals surface area contributed by atoms with Crippen LogP contribution in [0.15, 0.2) is 0 Å². The van der Waals surface area contributed by atoms with Gasteiger partial charge in [0, 0.05) is 19.7 Å². The summed E-state index contributed by atoms with van der Waals surface area (Å²) in [5.74, 6) is -0.216. The second-order valence-electron chi connectivity index (χ2n) is 5.46. The molecule has 0 aromatic heterocycles. The minimum Gasteiger partial charge on any atom is -0.480 e. The molecule has 0 spiro atoms. The number of rotatable bonds is 5. The lowest BCUT2D eigenvalue weighted by molar-refractivity contribution is -0.147. The minimum absolute atomic E-state index is 0.200. The standard InChI is InChI=1S/C12H22N2O3/c1-12(8-17-2,11(15)16)13-10-7-14-5-3-9(10)4-6-14/h9-10,13H,3-8H2,1-2H3,(H,15,16). The summed E-state index contributed by atoms with van der Waals surface area (Å²) >= 11 is 0. The van der Waals surface area contributed by atoms with E-state index in [0.29, 0.717) is 5.92 Å². The quantitative estimate of drug-likeness (QED) is 0.719. The minimum atomic E-state index is -0.974. The van der Waals surface area contributed by atoms with Gasteiger partial charge >= 0.3 is 5.97 Å². The number of methoxy groups -OCH3 is 1. The molecule has 3 heterocycles. The van der Waals surface area contributed by atoms with Crippen LogP contribution in [0.2, 0.25) is 0 Å². The first-order chi connectivity index (χ1) is 8.05. The molecule has 3 saturated heterocycles. The van der Waals surface area contributed by atoms with E-state index in [0.717, 1.165) is 19.6 Å². The maximum Gasteiger partial charge on any atom is 0.326 e. The summed E-state index contributed by atoms with van der Waals surface area (Å²) < 4.78 is 5.03. The van der Waals surface area contributed by atoms with Crippen molar-refractivity contribution in [2.24, 2.45) is 5.92 Å². The molecule has 0 aliphatic carbocycles. The number of ether oxygens (including phenoxy) is 1. The molecule has 0 saturated carbocycles. The van der Waals surface area contributed by atoms with Crippen molar-refractivity contribution in [2.45, 2.75) is 31.3 Å². The Bertz CT molecular complexity index is 289. The molecule has 17 heavy (non-hydrogen) atoms. The van der Waals surface area contributed by atoms with Gasteiger partial charge in [-0.15, -0.1) is 0 Å². The molecule has 2 atom stereocenters. The average Bonchev–Trinajstić information content (AvgIpc) is 2.30. The zero-order valence-corrected chi connectivity index (χ0v) is 10.6. The molecule has 3 rings (SSSR count). The number of hydrogen-bond acceptors (Lipinski definition) is 4. The molecule has 0 aromatic rings. The van der Waals surface area contributed by atoms with Gasteiger partial charge in [0.25, 0.3) is 0 Å². The van der Waals surface area contributed by atoms with E-state index in [1.54, 1.807) is 14.0 Å². The third-order valence-electron chi connectivity index (χ3n) is 4.07. The van der Waals surface area contributed by atoms with Crippen LogP contribution in [0.5, 0.6) is 0 Å². The van der Waals surface area contributed by atoms with E-state index in [4.69, 9.17) is 4.74 Å². The predicted molar refractivity (Wildman–Crippen MR) is 64.0 cm³/mol. The van der Waals surface area contributed by atoms with Crippen molar-refractivity contribution in [3.05, 3.63) is 0 Å². The molecule has 2 unspecified atom stereocenters. The maximum atomic E-state index is 11.3. The summed E-state index contributed by atoms with van der Waals surface area (Å²) in [7, 11) is 1.54. The first-order valence-corrected chi connectivity index (χ1v) is 6.27. The van der Waals surface area contributed by atoms with E-state index in [2.05, 4.69) is 10.2 Å². The largest absolute Gasteiger partial charge is 0.480 e. The Morgan fingerprint density at radius 1 is 1.53 bits per heavy atom. The number of carboxylic acids is 1. The predicted octanol–water partition coefficient (Wildman–Crippen LogP) is 0.160. The lowest BCUT2D eigenvalue weighted by Gasteiger charge is -2.47. The number of piperidine rings is 3. The number of fused-ring (bicyclic) bond motifs is 3. The second-order valence-corrected chi connectivity index (χ2v) is 5.46. The molecule has 5 heteroatoms. The smallest absolute Gasteiger partial charge is 0.326 e. The molecule has 0 aromatic carbocycles. The fourth-order valence-electron chi connectivity index (χ4n) is 2.99. The SMILES string of the molecule is COCC(C)(NC1CN2CCC1CC2)C(=O)O. The number of nitrogens with one attached hydrogen (secondary N) is 1. The molecule has 3 aliphatic rings. The molecule has 3 aliphatic heterocycles. The Morgan fingerprint density at radius 3 is 2.59 bits per heavy atom. The number of nitrogens with zero attached hydrogens (tertiary/aromatic N) is 1. The average molecular weight is 242 g/mol. The first kappa shape index (κ1) is 12.8. The summed E-state index contributed by atoms with van der Waals surface area (Å²) in [4.78, 5) is 13.7. The molecule has 0 radical (unpaired) electrons. The van der Waals surface area contributed by atoms with Crippen molar-refractivity contribution in [1.82, 2.24) is 10.2 Å². The molecular weight excluding hydrogens is 220 g/mol. The first-order valence-electron chi connectivity index (χ1n) is 6.27. The van der Waals surface area contributed by atoms with Gasteiger partial charge in [-0.05, 0) is 38.8 Å². The van der Waals surface area contributed by atoms with Crippen LogP contribution in [-0.2, 0) is 9.53 Å². The Morgan fingerprint density at radius 2 is 2.18 bits per heavy atom. The normalized spacial score (nSPS) is 35.5. The highest BCUT2D eigenvalue weighted by Gasteiger charge is 2.41. The third kappa shape index (κ3) is 2.61.